The number of alkyl halides is 1. The van der Waals surface area contributed by atoms with Crippen LogP contribution in [0.2, 0.25) is 5.02 Å². The maximum Gasteiger partial charge on any atom is 0.342 e. The van der Waals surface area contributed by atoms with Gasteiger partial charge in [0.2, 0.25) is 0 Å². The molecule has 2 rings (SSSR count). The molecule has 1 aliphatic heterocycles. The third kappa shape index (κ3) is 4.78. The van der Waals surface area contributed by atoms with Gasteiger partial charge < -0.3 is 20.1 Å². The van der Waals surface area contributed by atoms with Crippen LogP contribution in [0.3, 0.4) is 0 Å². The molecule has 1 heterocycles. The van der Waals surface area contributed by atoms with Crippen molar-refractivity contribution < 1.29 is 29.6 Å². The van der Waals surface area contributed by atoms with Crippen LogP contribution in [0.25, 0.3) is 0 Å². The van der Waals surface area contributed by atoms with Crippen LogP contribution in [-0.2, 0) is 16.0 Å². The SMILES string of the molecule is C[C@@H]1C[C@H](O)[C@@H](Cl)/C=C\C=C\C(=O)Cc2c(Cl)c(O)cc(O)c2C(=O)O1. The van der Waals surface area contributed by atoms with E-state index in [0.29, 0.717) is 0 Å². The zero-order chi connectivity index (χ0) is 19.4. The van der Waals surface area contributed by atoms with Crippen LogP contribution in [0, 0.1) is 0 Å². The third-order valence-electron chi connectivity index (χ3n) is 3.81. The maximum atomic E-state index is 12.5. The van der Waals surface area contributed by atoms with E-state index in [9.17, 15) is 24.9 Å². The topological polar surface area (TPSA) is 104 Å². The van der Waals surface area contributed by atoms with Crippen LogP contribution < -0.4 is 0 Å². The Morgan fingerprint density at radius 3 is 2.58 bits per heavy atom. The van der Waals surface area contributed by atoms with Crippen LogP contribution in [0.4, 0.5) is 0 Å². The maximum absolute atomic E-state index is 12.5. The van der Waals surface area contributed by atoms with E-state index in [1.165, 1.54) is 24.3 Å². The number of aliphatic hydroxyl groups excluding tert-OH is 1. The number of esters is 1. The Balaban J connectivity index is 2.51. The van der Waals surface area contributed by atoms with Crippen LogP contribution in [-0.4, -0.2) is 44.7 Å². The molecule has 0 amide bonds. The van der Waals surface area contributed by atoms with E-state index >= 15 is 0 Å². The molecule has 0 saturated carbocycles. The van der Waals surface area contributed by atoms with E-state index in [4.69, 9.17) is 27.9 Å². The lowest BCUT2D eigenvalue weighted by Crippen LogP contribution is -2.27. The van der Waals surface area contributed by atoms with E-state index in [2.05, 4.69) is 0 Å². The zero-order valence-electron chi connectivity index (χ0n) is 13.9. The summed E-state index contributed by atoms with van der Waals surface area (Å²) in [7, 11) is 0. The molecule has 1 aromatic carbocycles. The smallest absolute Gasteiger partial charge is 0.342 e. The van der Waals surface area contributed by atoms with Gasteiger partial charge in [0.05, 0.1) is 16.5 Å². The van der Waals surface area contributed by atoms with Crippen LogP contribution in [0.1, 0.15) is 29.3 Å². The van der Waals surface area contributed by atoms with Crippen molar-refractivity contribution in [3.63, 3.8) is 0 Å². The summed E-state index contributed by atoms with van der Waals surface area (Å²) in [6.45, 7) is 1.56. The van der Waals surface area contributed by atoms with E-state index in [1.807, 2.05) is 0 Å². The fourth-order valence-corrected chi connectivity index (χ4v) is 2.93. The molecule has 0 radical (unpaired) electrons. The molecule has 0 bridgehead atoms. The highest BCUT2D eigenvalue weighted by molar-refractivity contribution is 6.33. The van der Waals surface area contributed by atoms with Gasteiger partial charge in [-0.3, -0.25) is 4.79 Å². The number of carbonyl (C=O) groups excluding carboxylic acids is 2. The van der Waals surface area contributed by atoms with Gasteiger partial charge in [-0.25, -0.2) is 4.79 Å². The first kappa shape index (κ1) is 20.3. The quantitative estimate of drug-likeness (QED) is 0.456. The lowest BCUT2D eigenvalue weighted by molar-refractivity contribution is -0.114. The zero-order valence-corrected chi connectivity index (χ0v) is 15.4. The molecule has 0 unspecified atom stereocenters. The summed E-state index contributed by atoms with van der Waals surface area (Å²) >= 11 is 12.1. The molecule has 0 aliphatic carbocycles. The second kappa shape index (κ2) is 8.58. The van der Waals surface area contributed by atoms with Gasteiger partial charge >= 0.3 is 5.97 Å². The number of fused-ring (bicyclic) bond motifs is 1. The molecule has 140 valence electrons. The molecule has 1 aromatic rings. The molecule has 1 aliphatic rings. The fourth-order valence-electron chi connectivity index (χ4n) is 2.53. The molecule has 3 atom stereocenters. The Labute approximate surface area is 160 Å². The highest BCUT2D eigenvalue weighted by atomic mass is 35.5. The van der Waals surface area contributed by atoms with Crippen molar-refractivity contribution in [2.45, 2.75) is 37.4 Å². The molecule has 26 heavy (non-hydrogen) atoms. The minimum absolute atomic E-state index is 0.0344. The lowest BCUT2D eigenvalue weighted by Gasteiger charge is -2.20. The minimum Gasteiger partial charge on any atom is -0.507 e. The molecule has 0 fully saturated rings. The van der Waals surface area contributed by atoms with Crippen LogP contribution >= 0.6 is 23.2 Å². The van der Waals surface area contributed by atoms with Gasteiger partial charge in [-0.15, -0.1) is 11.6 Å². The number of ketones is 1. The number of rotatable bonds is 0. The van der Waals surface area contributed by atoms with Crippen molar-refractivity contribution in [3.8, 4) is 11.5 Å². The van der Waals surface area contributed by atoms with E-state index in [1.54, 1.807) is 6.92 Å². The molecule has 0 aromatic heterocycles. The number of aromatic hydroxyl groups is 2. The molecule has 3 N–H and O–H groups in total. The van der Waals surface area contributed by atoms with Gasteiger partial charge in [-0.2, -0.15) is 0 Å². The minimum atomic E-state index is -0.987. The number of cyclic esters (lactones) is 1. The molecule has 0 spiro atoms. The highest BCUT2D eigenvalue weighted by Gasteiger charge is 2.27. The Morgan fingerprint density at radius 2 is 1.88 bits per heavy atom. The van der Waals surface area contributed by atoms with Crippen molar-refractivity contribution >= 4 is 35.0 Å². The summed E-state index contributed by atoms with van der Waals surface area (Å²) in [5.41, 5.74) is -0.335. The predicted octanol–water partition coefficient (Wildman–Crippen LogP) is 2.89. The number of aliphatic hydroxyl groups is 1. The van der Waals surface area contributed by atoms with Crippen molar-refractivity contribution in [1.82, 2.24) is 0 Å². The van der Waals surface area contributed by atoms with Gasteiger partial charge in [0.15, 0.2) is 5.78 Å². The summed E-state index contributed by atoms with van der Waals surface area (Å²) in [6.07, 6.45) is 3.73. The van der Waals surface area contributed by atoms with Crippen molar-refractivity contribution in [3.05, 3.63) is 46.5 Å². The first-order chi connectivity index (χ1) is 12.2. The standard InChI is InChI=1S/C18H18Cl2O6/c1-9-6-13(22)12(19)5-3-2-4-10(21)7-11-16(18(25)26-9)14(23)8-15(24)17(11)20/h2-5,8-9,12-13,22-24H,6-7H2,1H3/b4-2+,5-3-/t9-,12+,13+/m1/s1. The van der Waals surface area contributed by atoms with Gasteiger partial charge in [0.1, 0.15) is 23.2 Å². The fraction of sp³-hybridized carbons (Fsp3) is 0.333. The highest BCUT2D eigenvalue weighted by Crippen LogP contribution is 2.37. The Hall–Kier alpha value is -2.02. The lowest BCUT2D eigenvalue weighted by atomic mass is 9.99. The monoisotopic (exact) mass is 400 g/mol. The van der Waals surface area contributed by atoms with Crippen molar-refractivity contribution in [2.75, 3.05) is 0 Å². The van der Waals surface area contributed by atoms with E-state index < -0.39 is 40.8 Å². The van der Waals surface area contributed by atoms with Crippen molar-refractivity contribution in [1.29, 1.82) is 0 Å². The Morgan fingerprint density at radius 1 is 1.19 bits per heavy atom. The molecule has 8 heteroatoms. The van der Waals surface area contributed by atoms with Gasteiger partial charge in [-0.05, 0) is 13.0 Å². The van der Waals surface area contributed by atoms with E-state index in [-0.39, 0.29) is 29.0 Å². The summed E-state index contributed by atoms with van der Waals surface area (Å²) in [6, 6.07) is 0.906. The summed E-state index contributed by atoms with van der Waals surface area (Å²) in [4.78, 5) is 24.6. The Kier molecular flexibility index (Phi) is 6.69. The van der Waals surface area contributed by atoms with Crippen LogP contribution in [0.15, 0.2) is 30.4 Å². The molecule has 0 saturated heterocycles. The summed E-state index contributed by atoms with van der Waals surface area (Å²) in [5, 5.41) is 29.0. The number of halogens is 2. The number of benzene rings is 1. The van der Waals surface area contributed by atoms with Crippen molar-refractivity contribution in [2.24, 2.45) is 0 Å². The molecule has 6 nitrogen and oxygen atoms in total. The number of carbonyl (C=O) groups is 2. The molecular weight excluding hydrogens is 383 g/mol. The number of phenolic OH excluding ortho intramolecular Hbond substituents is 2. The third-order valence-corrected chi connectivity index (χ3v) is 4.67. The van der Waals surface area contributed by atoms with E-state index in [0.717, 1.165) is 6.07 Å². The number of hydrogen-bond donors (Lipinski definition) is 3. The normalized spacial score (nSPS) is 27.2. The van der Waals surface area contributed by atoms with Crippen LogP contribution in [0.5, 0.6) is 11.5 Å². The number of ether oxygens (including phenoxy) is 1. The van der Waals surface area contributed by atoms with Gasteiger partial charge in [-0.1, -0.05) is 29.8 Å². The largest absolute Gasteiger partial charge is 0.507 e. The first-order valence-corrected chi connectivity index (χ1v) is 8.66. The molecular formula is C18H18Cl2O6. The second-order valence-corrected chi connectivity index (χ2v) is 6.81. The first-order valence-electron chi connectivity index (χ1n) is 7.84. The van der Waals surface area contributed by atoms with Gasteiger partial charge in [0.25, 0.3) is 0 Å². The summed E-state index contributed by atoms with van der Waals surface area (Å²) < 4.78 is 5.24. The second-order valence-electron chi connectivity index (χ2n) is 5.93. The Bertz CT molecular complexity index is 771. The average molecular weight is 401 g/mol. The van der Waals surface area contributed by atoms with Gasteiger partial charge in [0, 0.05) is 24.5 Å². The number of phenols is 2. The average Bonchev–Trinajstić information content (AvgIpc) is 2.54. The summed E-state index contributed by atoms with van der Waals surface area (Å²) in [5.74, 6) is -2.36. The number of hydrogen-bond acceptors (Lipinski definition) is 6. The predicted molar refractivity (Wildman–Crippen MR) is 96.9 cm³/mol. The number of allylic oxidation sites excluding steroid dienone is 3.